The molecule has 1 aliphatic rings. The van der Waals surface area contributed by atoms with Gasteiger partial charge in [0.1, 0.15) is 16.6 Å². The highest BCUT2D eigenvalue weighted by Crippen LogP contribution is 2.39. The molecule has 2 heterocycles. The molecule has 0 saturated heterocycles. The maximum absolute atomic E-state index is 14.5. The second-order valence-corrected chi connectivity index (χ2v) is 10.8. The Bertz CT molecular complexity index is 1600. The number of thiophene rings is 1. The predicted octanol–water partition coefficient (Wildman–Crippen LogP) is 6.47. The van der Waals surface area contributed by atoms with Crippen LogP contribution < -0.4 is 10.1 Å². The van der Waals surface area contributed by atoms with E-state index in [4.69, 9.17) is 9.47 Å². The zero-order valence-corrected chi connectivity index (χ0v) is 23.3. The van der Waals surface area contributed by atoms with Gasteiger partial charge in [0.15, 0.2) is 6.61 Å². The van der Waals surface area contributed by atoms with E-state index in [-0.39, 0.29) is 5.91 Å². The van der Waals surface area contributed by atoms with Crippen LogP contribution >= 0.6 is 11.3 Å². The largest absolute Gasteiger partial charge is 0.497 e. The summed E-state index contributed by atoms with van der Waals surface area (Å²) < 4.78 is 26.8. The number of halogens is 1. The van der Waals surface area contributed by atoms with Gasteiger partial charge in [-0.1, -0.05) is 12.1 Å². The first-order chi connectivity index (χ1) is 19.3. The van der Waals surface area contributed by atoms with Crippen LogP contribution in [0, 0.1) is 19.7 Å². The number of nitrogens with one attached hydrogen (secondary N) is 1. The molecule has 1 amide bonds. The van der Waals surface area contributed by atoms with Gasteiger partial charge in [0.25, 0.3) is 5.91 Å². The van der Waals surface area contributed by atoms with E-state index in [1.54, 1.807) is 74.1 Å². The second kappa shape index (κ2) is 11.5. The summed E-state index contributed by atoms with van der Waals surface area (Å²) in [6.07, 6.45) is 3.45. The first-order valence-electron chi connectivity index (χ1n) is 13.0. The Morgan fingerprint density at radius 2 is 1.75 bits per heavy atom. The molecule has 0 fully saturated rings. The fraction of sp³-hybridized carbons (Fsp3) is 0.258. The summed E-state index contributed by atoms with van der Waals surface area (Å²) >= 11 is 1.38. The monoisotopic (exact) mass is 560 g/mol. The Morgan fingerprint density at radius 1 is 1.02 bits per heavy atom. The van der Waals surface area contributed by atoms with Crippen LogP contribution in [0.3, 0.4) is 0 Å². The van der Waals surface area contributed by atoms with Crippen LogP contribution in [0.25, 0.3) is 5.69 Å². The van der Waals surface area contributed by atoms with Crippen molar-refractivity contribution >= 4 is 34.0 Å². The van der Waals surface area contributed by atoms with E-state index in [1.165, 1.54) is 17.4 Å². The van der Waals surface area contributed by atoms with Crippen molar-refractivity contribution in [3.63, 3.8) is 0 Å². The van der Waals surface area contributed by atoms with Crippen LogP contribution in [0.4, 0.5) is 9.39 Å². The van der Waals surface area contributed by atoms with Gasteiger partial charge in [0.05, 0.1) is 18.4 Å². The summed E-state index contributed by atoms with van der Waals surface area (Å²) in [6, 6.07) is 14.7. The predicted molar refractivity (Wildman–Crippen MR) is 152 cm³/mol. The molecule has 1 N–H and O–H groups in total. The number of para-hydroxylation sites is 1. The number of carbonyl (C=O) groups is 3. The molecule has 0 saturated carbocycles. The number of benzene rings is 2. The number of carbonyl (C=O) groups excluding carboxylic acids is 3. The third-order valence-electron chi connectivity index (χ3n) is 7.11. The number of ether oxygens (including phenoxy) is 2. The van der Waals surface area contributed by atoms with Crippen molar-refractivity contribution in [1.29, 1.82) is 0 Å². The minimum atomic E-state index is -0.652. The van der Waals surface area contributed by atoms with E-state index < -0.39 is 24.2 Å². The number of aromatic nitrogens is 1. The van der Waals surface area contributed by atoms with Gasteiger partial charge < -0.3 is 19.4 Å². The van der Waals surface area contributed by atoms with Crippen molar-refractivity contribution in [3.05, 3.63) is 98.9 Å². The lowest BCUT2D eigenvalue weighted by Gasteiger charge is -2.13. The Hall–Kier alpha value is -4.24. The van der Waals surface area contributed by atoms with Crippen LogP contribution in [0.1, 0.15) is 65.7 Å². The lowest BCUT2D eigenvalue weighted by Crippen LogP contribution is -2.19. The molecule has 2 aromatic carbocycles. The topological polar surface area (TPSA) is 86.6 Å². The normalized spacial score (nSPS) is 12.5. The van der Waals surface area contributed by atoms with Crippen LogP contribution in [-0.4, -0.2) is 35.9 Å². The smallest absolute Gasteiger partial charge is 0.341 e. The van der Waals surface area contributed by atoms with Gasteiger partial charge in [-0.3, -0.25) is 9.59 Å². The number of anilines is 1. The average molecular weight is 561 g/mol. The lowest BCUT2D eigenvalue weighted by atomic mass is 9.95. The summed E-state index contributed by atoms with van der Waals surface area (Å²) in [5.74, 6) is -1.17. The summed E-state index contributed by atoms with van der Waals surface area (Å²) in [5.41, 5.74) is 3.55. The third kappa shape index (κ3) is 5.29. The highest BCUT2D eigenvalue weighted by molar-refractivity contribution is 7.17. The zero-order valence-electron chi connectivity index (χ0n) is 22.5. The number of amides is 1. The van der Waals surface area contributed by atoms with Gasteiger partial charge in [-0.2, -0.15) is 0 Å². The highest BCUT2D eigenvalue weighted by atomic mass is 32.1. The molecule has 0 radical (unpaired) electrons. The molecule has 7 nitrogen and oxygen atoms in total. The molecule has 5 rings (SSSR count). The van der Waals surface area contributed by atoms with E-state index in [1.807, 2.05) is 0 Å². The van der Waals surface area contributed by atoms with E-state index >= 15 is 0 Å². The number of aryl methyl sites for hydroxylation is 2. The van der Waals surface area contributed by atoms with E-state index in [2.05, 4.69) is 5.32 Å². The van der Waals surface area contributed by atoms with E-state index in [0.717, 1.165) is 29.7 Å². The zero-order chi connectivity index (χ0) is 28.4. The van der Waals surface area contributed by atoms with Crippen molar-refractivity contribution in [2.75, 3.05) is 19.0 Å². The molecule has 40 heavy (non-hydrogen) atoms. The number of hydrogen-bond acceptors (Lipinski definition) is 6. The fourth-order valence-corrected chi connectivity index (χ4v) is 6.39. The molecule has 1 aliphatic carbocycles. The Kier molecular flexibility index (Phi) is 7.84. The van der Waals surface area contributed by atoms with Crippen molar-refractivity contribution < 1.29 is 28.2 Å². The molecule has 0 atom stereocenters. The summed E-state index contributed by atoms with van der Waals surface area (Å²) in [4.78, 5) is 40.5. The number of hydrogen-bond donors (Lipinski definition) is 1. The minimum Gasteiger partial charge on any atom is -0.497 e. The summed E-state index contributed by atoms with van der Waals surface area (Å²) in [7, 11) is 1.55. The number of esters is 1. The maximum atomic E-state index is 14.5. The molecular formula is C31H29FN2O5S. The first-order valence-corrected chi connectivity index (χ1v) is 13.8. The number of rotatable bonds is 8. The number of ketones is 1. The molecule has 9 heteroatoms. The first kappa shape index (κ1) is 27.3. The Morgan fingerprint density at radius 3 is 2.48 bits per heavy atom. The van der Waals surface area contributed by atoms with Crippen molar-refractivity contribution in [2.45, 2.75) is 39.5 Å². The van der Waals surface area contributed by atoms with E-state index in [9.17, 15) is 18.8 Å². The van der Waals surface area contributed by atoms with Crippen LogP contribution in [0.2, 0.25) is 0 Å². The van der Waals surface area contributed by atoms with Crippen LogP contribution in [0.15, 0.2) is 54.6 Å². The van der Waals surface area contributed by atoms with Crippen LogP contribution in [-0.2, 0) is 17.6 Å². The number of nitrogens with zero attached hydrogens (tertiary/aromatic N) is 1. The number of Topliss-reactive ketones (excluding diaryl/α,β-unsaturated/α-hetero) is 1. The highest BCUT2D eigenvalue weighted by Gasteiger charge is 2.29. The molecule has 0 aliphatic heterocycles. The molecule has 206 valence electrons. The van der Waals surface area contributed by atoms with Gasteiger partial charge in [0, 0.05) is 27.4 Å². The minimum absolute atomic E-state index is 0.311. The van der Waals surface area contributed by atoms with Gasteiger partial charge in [0.2, 0.25) is 5.78 Å². The van der Waals surface area contributed by atoms with Crippen molar-refractivity contribution in [2.24, 2.45) is 0 Å². The summed E-state index contributed by atoms with van der Waals surface area (Å²) in [5, 5.41) is 3.30. The quantitative estimate of drug-likeness (QED) is 0.197. The molecule has 4 aromatic rings. The Labute approximate surface area is 235 Å². The van der Waals surface area contributed by atoms with Crippen LogP contribution in [0.5, 0.6) is 5.75 Å². The molecule has 0 unspecified atom stereocenters. The standard InChI is InChI=1S/C31H29FN2O5S/c1-18-16-23(19(2)34(18)25-10-6-5-9-24(25)32)26(35)17-39-31(37)28-22-8-4-7-11-27(22)40-30(28)33-29(36)20-12-14-21(38-3)15-13-20/h5-6,9-10,12-16H,4,7-8,11,17H2,1-3H3,(H,33,36). The third-order valence-corrected chi connectivity index (χ3v) is 8.32. The molecule has 2 aromatic heterocycles. The fourth-order valence-electron chi connectivity index (χ4n) is 5.12. The van der Waals surface area contributed by atoms with Crippen molar-refractivity contribution in [3.8, 4) is 11.4 Å². The Balaban J connectivity index is 1.35. The number of fused-ring (bicyclic) bond motifs is 1. The molecule has 0 bridgehead atoms. The van der Waals surface area contributed by atoms with Gasteiger partial charge in [-0.25, -0.2) is 9.18 Å². The summed E-state index contributed by atoms with van der Waals surface area (Å²) in [6.45, 7) is 3.05. The van der Waals surface area contributed by atoms with E-state index in [0.29, 0.717) is 50.9 Å². The average Bonchev–Trinajstić information content (AvgIpc) is 3.47. The maximum Gasteiger partial charge on any atom is 0.341 e. The molecule has 0 spiro atoms. The number of methoxy groups -OCH3 is 1. The molecular weight excluding hydrogens is 531 g/mol. The van der Waals surface area contributed by atoms with Gasteiger partial charge in [-0.15, -0.1) is 11.3 Å². The SMILES string of the molecule is COc1ccc(C(=O)Nc2sc3c(c2C(=O)OCC(=O)c2cc(C)n(-c4ccccc4F)c2C)CCCC3)cc1. The van der Waals surface area contributed by atoms with Gasteiger partial charge in [-0.05, 0) is 87.6 Å². The second-order valence-electron chi connectivity index (χ2n) is 9.67. The lowest BCUT2D eigenvalue weighted by molar-refractivity contribution is 0.0474. The van der Waals surface area contributed by atoms with Gasteiger partial charge >= 0.3 is 5.97 Å². The van der Waals surface area contributed by atoms with Crippen molar-refractivity contribution in [1.82, 2.24) is 4.57 Å².